The Morgan fingerprint density at radius 1 is 1.31 bits per heavy atom. The largest absolute Gasteiger partial charge is 0.478 e. The standard InChI is InChI=1S/C18H21N3O4S/c1-3-10-19-17(22)14-7-5-9-16(12-14)26(23,24)21-13-15-8-6-11-20-18(15)25-4-2/h3,5-9,11-12,21H,1,4,10,13H2,2H3,(H,19,22). The zero-order valence-electron chi connectivity index (χ0n) is 14.4. The lowest BCUT2D eigenvalue weighted by atomic mass is 10.2. The van der Waals surface area contributed by atoms with Gasteiger partial charge in [0.2, 0.25) is 15.9 Å². The molecule has 0 saturated heterocycles. The Hall–Kier alpha value is -2.71. The van der Waals surface area contributed by atoms with Crippen LogP contribution in [0.3, 0.4) is 0 Å². The molecule has 1 aromatic carbocycles. The third-order valence-electron chi connectivity index (χ3n) is 3.40. The van der Waals surface area contributed by atoms with Gasteiger partial charge in [-0.05, 0) is 31.2 Å². The predicted molar refractivity (Wildman–Crippen MR) is 98.4 cm³/mol. The molecule has 7 nitrogen and oxygen atoms in total. The van der Waals surface area contributed by atoms with Crippen molar-refractivity contribution in [2.24, 2.45) is 0 Å². The fourth-order valence-electron chi connectivity index (χ4n) is 2.15. The first-order valence-electron chi connectivity index (χ1n) is 8.03. The minimum Gasteiger partial charge on any atom is -0.478 e. The smallest absolute Gasteiger partial charge is 0.251 e. The summed E-state index contributed by atoms with van der Waals surface area (Å²) in [4.78, 5) is 16.1. The van der Waals surface area contributed by atoms with Crippen molar-refractivity contribution in [1.82, 2.24) is 15.0 Å². The van der Waals surface area contributed by atoms with E-state index in [1.54, 1.807) is 30.5 Å². The maximum Gasteiger partial charge on any atom is 0.251 e. The number of hydrogen-bond donors (Lipinski definition) is 2. The van der Waals surface area contributed by atoms with Gasteiger partial charge in [0.1, 0.15) is 0 Å². The second-order valence-electron chi connectivity index (χ2n) is 5.25. The van der Waals surface area contributed by atoms with Crippen LogP contribution < -0.4 is 14.8 Å². The van der Waals surface area contributed by atoms with E-state index < -0.39 is 10.0 Å². The molecule has 0 saturated carbocycles. The van der Waals surface area contributed by atoms with Gasteiger partial charge in [0, 0.05) is 30.4 Å². The van der Waals surface area contributed by atoms with Crippen LogP contribution in [-0.4, -0.2) is 32.5 Å². The number of amides is 1. The third kappa shape index (κ3) is 5.14. The van der Waals surface area contributed by atoms with E-state index in [-0.39, 0.29) is 22.9 Å². The number of sulfonamides is 1. The fourth-order valence-corrected chi connectivity index (χ4v) is 3.20. The van der Waals surface area contributed by atoms with E-state index in [1.165, 1.54) is 18.2 Å². The molecule has 1 heterocycles. The Kier molecular flexibility index (Phi) is 6.88. The van der Waals surface area contributed by atoms with E-state index in [0.29, 0.717) is 24.6 Å². The van der Waals surface area contributed by atoms with Gasteiger partial charge in [-0.25, -0.2) is 18.1 Å². The molecule has 0 atom stereocenters. The van der Waals surface area contributed by atoms with E-state index >= 15 is 0 Å². The number of aromatic nitrogens is 1. The number of nitrogens with zero attached hydrogens (tertiary/aromatic N) is 1. The Morgan fingerprint density at radius 3 is 2.85 bits per heavy atom. The quantitative estimate of drug-likeness (QED) is 0.652. The van der Waals surface area contributed by atoms with Crippen molar-refractivity contribution < 1.29 is 17.9 Å². The van der Waals surface area contributed by atoms with Crippen molar-refractivity contribution in [2.75, 3.05) is 13.2 Å². The minimum atomic E-state index is -3.80. The molecule has 0 spiro atoms. The van der Waals surface area contributed by atoms with Crippen molar-refractivity contribution in [2.45, 2.75) is 18.4 Å². The molecule has 2 aromatic rings. The van der Waals surface area contributed by atoms with Gasteiger partial charge in [-0.2, -0.15) is 0 Å². The molecule has 0 aliphatic rings. The van der Waals surface area contributed by atoms with Crippen LogP contribution in [0, 0.1) is 0 Å². The summed E-state index contributed by atoms with van der Waals surface area (Å²) in [5.41, 5.74) is 0.879. The van der Waals surface area contributed by atoms with E-state index in [4.69, 9.17) is 4.74 Å². The summed E-state index contributed by atoms with van der Waals surface area (Å²) >= 11 is 0. The molecule has 0 aliphatic heterocycles. The predicted octanol–water partition coefficient (Wildman–Crippen LogP) is 1.87. The topological polar surface area (TPSA) is 97.4 Å². The zero-order chi connectivity index (χ0) is 19.0. The van der Waals surface area contributed by atoms with Gasteiger partial charge in [-0.15, -0.1) is 6.58 Å². The molecule has 1 aromatic heterocycles. The average Bonchev–Trinajstić information content (AvgIpc) is 2.66. The van der Waals surface area contributed by atoms with Gasteiger partial charge in [0.25, 0.3) is 5.91 Å². The highest BCUT2D eigenvalue weighted by atomic mass is 32.2. The number of rotatable bonds is 9. The lowest BCUT2D eigenvalue weighted by Crippen LogP contribution is -2.26. The summed E-state index contributed by atoms with van der Waals surface area (Å²) in [6.07, 6.45) is 3.12. The van der Waals surface area contributed by atoms with Gasteiger partial charge in [-0.1, -0.05) is 18.2 Å². The SMILES string of the molecule is C=CCNC(=O)c1cccc(S(=O)(=O)NCc2cccnc2OCC)c1. The van der Waals surface area contributed by atoms with Gasteiger partial charge >= 0.3 is 0 Å². The number of carbonyl (C=O) groups is 1. The second kappa shape index (κ2) is 9.12. The Morgan fingerprint density at radius 2 is 2.12 bits per heavy atom. The van der Waals surface area contributed by atoms with E-state index in [1.807, 2.05) is 6.92 Å². The summed E-state index contributed by atoms with van der Waals surface area (Å²) < 4.78 is 33.0. The van der Waals surface area contributed by atoms with Crippen molar-refractivity contribution in [1.29, 1.82) is 0 Å². The molecule has 2 N–H and O–H groups in total. The first-order chi connectivity index (χ1) is 12.5. The molecule has 0 radical (unpaired) electrons. The van der Waals surface area contributed by atoms with Crippen molar-refractivity contribution in [3.05, 3.63) is 66.4 Å². The lowest BCUT2D eigenvalue weighted by Gasteiger charge is -2.11. The number of nitrogens with one attached hydrogen (secondary N) is 2. The Bertz CT molecular complexity index is 882. The van der Waals surface area contributed by atoms with Gasteiger partial charge in [0.05, 0.1) is 11.5 Å². The molecule has 0 bridgehead atoms. The van der Waals surface area contributed by atoms with Crippen LogP contribution in [0.15, 0.2) is 60.1 Å². The maximum absolute atomic E-state index is 12.5. The fraction of sp³-hybridized carbons (Fsp3) is 0.222. The van der Waals surface area contributed by atoms with E-state index in [9.17, 15) is 13.2 Å². The molecule has 138 valence electrons. The van der Waals surface area contributed by atoms with Crippen LogP contribution >= 0.6 is 0 Å². The summed E-state index contributed by atoms with van der Waals surface area (Å²) in [5, 5.41) is 2.61. The molecule has 2 rings (SSSR count). The lowest BCUT2D eigenvalue weighted by molar-refractivity contribution is 0.0958. The molecule has 26 heavy (non-hydrogen) atoms. The Balaban J connectivity index is 2.15. The van der Waals surface area contributed by atoms with Crippen molar-refractivity contribution in [3.8, 4) is 5.88 Å². The number of benzene rings is 1. The number of ether oxygens (including phenoxy) is 1. The summed E-state index contributed by atoms with van der Waals surface area (Å²) in [5.74, 6) is 0.0168. The van der Waals surface area contributed by atoms with Crippen LogP contribution in [0.2, 0.25) is 0 Å². The molecule has 0 fully saturated rings. The second-order valence-corrected chi connectivity index (χ2v) is 7.02. The summed E-state index contributed by atoms with van der Waals surface area (Å²) in [7, 11) is -3.80. The summed E-state index contributed by atoms with van der Waals surface area (Å²) in [6.45, 7) is 6.10. The van der Waals surface area contributed by atoms with Crippen molar-refractivity contribution >= 4 is 15.9 Å². The van der Waals surface area contributed by atoms with E-state index in [0.717, 1.165) is 0 Å². The van der Waals surface area contributed by atoms with E-state index in [2.05, 4.69) is 21.6 Å². The average molecular weight is 375 g/mol. The molecule has 0 aliphatic carbocycles. The first kappa shape index (κ1) is 19.6. The highest BCUT2D eigenvalue weighted by Crippen LogP contribution is 2.16. The number of hydrogen-bond acceptors (Lipinski definition) is 5. The van der Waals surface area contributed by atoms with Crippen molar-refractivity contribution in [3.63, 3.8) is 0 Å². The normalized spacial score (nSPS) is 11.0. The third-order valence-corrected chi connectivity index (χ3v) is 4.80. The molecular formula is C18H21N3O4S. The molecular weight excluding hydrogens is 354 g/mol. The Labute approximate surface area is 153 Å². The maximum atomic E-state index is 12.5. The van der Waals surface area contributed by atoms with Crippen LogP contribution in [0.25, 0.3) is 0 Å². The van der Waals surface area contributed by atoms with Crippen LogP contribution in [-0.2, 0) is 16.6 Å². The monoisotopic (exact) mass is 375 g/mol. The molecule has 0 unspecified atom stereocenters. The minimum absolute atomic E-state index is 0.00519. The zero-order valence-corrected chi connectivity index (χ0v) is 15.3. The van der Waals surface area contributed by atoms with Crippen LogP contribution in [0.5, 0.6) is 5.88 Å². The van der Waals surface area contributed by atoms with Gasteiger partial charge in [0.15, 0.2) is 0 Å². The van der Waals surface area contributed by atoms with Gasteiger partial charge < -0.3 is 10.1 Å². The van der Waals surface area contributed by atoms with Gasteiger partial charge in [-0.3, -0.25) is 4.79 Å². The molecule has 8 heteroatoms. The van der Waals surface area contributed by atoms with Crippen LogP contribution in [0.4, 0.5) is 0 Å². The summed E-state index contributed by atoms with van der Waals surface area (Å²) in [6, 6.07) is 9.27. The highest BCUT2D eigenvalue weighted by molar-refractivity contribution is 7.89. The van der Waals surface area contributed by atoms with Crippen LogP contribution in [0.1, 0.15) is 22.8 Å². The number of pyridine rings is 1. The first-order valence-corrected chi connectivity index (χ1v) is 9.51. The highest BCUT2D eigenvalue weighted by Gasteiger charge is 2.17. The molecule has 1 amide bonds. The number of carbonyl (C=O) groups excluding carboxylic acids is 1.